The standard InChI is InChI=1S/C15H21BrN2/c1-3-7-15-17-13-8-5-6-9-14(13)18(15)11-12(4-2)10-16/h5-6,8-9,12H,3-4,7,10-11H2,1-2H3. The molecule has 0 amide bonds. The van der Waals surface area contributed by atoms with Crippen molar-refractivity contribution in [1.29, 1.82) is 0 Å². The van der Waals surface area contributed by atoms with Gasteiger partial charge in [-0.3, -0.25) is 0 Å². The van der Waals surface area contributed by atoms with Crippen LogP contribution in [0, 0.1) is 5.92 Å². The predicted octanol–water partition coefficient (Wildman–Crippen LogP) is 4.41. The highest BCUT2D eigenvalue weighted by Crippen LogP contribution is 2.20. The van der Waals surface area contributed by atoms with Crippen molar-refractivity contribution in [3.63, 3.8) is 0 Å². The first kappa shape index (κ1) is 13.6. The lowest BCUT2D eigenvalue weighted by Gasteiger charge is -2.15. The van der Waals surface area contributed by atoms with Gasteiger partial charge in [-0.15, -0.1) is 0 Å². The van der Waals surface area contributed by atoms with Crippen LogP contribution in [-0.2, 0) is 13.0 Å². The summed E-state index contributed by atoms with van der Waals surface area (Å²) < 4.78 is 2.41. The second kappa shape index (κ2) is 6.37. The molecule has 1 aromatic heterocycles. The number of imidazole rings is 1. The SMILES string of the molecule is CCCc1nc2ccccc2n1CC(CC)CBr. The molecule has 0 aliphatic rings. The third-order valence-electron chi connectivity index (χ3n) is 3.44. The van der Waals surface area contributed by atoms with E-state index in [1.807, 2.05) is 0 Å². The van der Waals surface area contributed by atoms with E-state index < -0.39 is 0 Å². The molecule has 2 rings (SSSR count). The molecule has 3 heteroatoms. The van der Waals surface area contributed by atoms with Crippen LogP contribution >= 0.6 is 15.9 Å². The Balaban J connectivity index is 2.41. The molecule has 98 valence electrons. The molecule has 0 fully saturated rings. The summed E-state index contributed by atoms with van der Waals surface area (Å²) in [4.78, 5) is 4.77. The fourth-order valence-corrected chi connectivity index (χ4v) is 2.95. The van der Waals surface area contributed by atoms with Crippen molar-refractivity contribution < 1.29 is 0 Å². The summed E-state index contributed by atoms with van der Waals surface area (Å²) >= 11 is 3.62. The van der Waals surface area contributed by atoms with Crippen molar-refractivity contribution in [2.45, 2.75) is 39.7 Å². The largest absolute Gasteiger partial charge is 0.328 e. The lowest BCUT2D eigenvalue weighted by molar-refractivity contribution is 0.474. The van der Waals surface area contributed by atoms with E-state index in [2.05, 4.69) is 58.6 Å². The normalized spacial score (nSPS) is 13.1. The Bertz CT molecular complexity index is 500. The van der Waals surface area contributed by atoms with Crippen LogP contribution in [0.5, 0.6) is 0 Å². The molecule has 0 spiro atoms. The average Bonchev–Trinajstić information content (AvgIpc) is 2.74. The Morgan fingerprint density at radius 2 is 2.06 bits per heavy atom. The Kier molecular flexibility index (Phi) is 4.81. The summed E-state index contributed by atoms with van der Waals surface area (Å²) in [5.41, 5.74) is 2.41. The maximum Gasteiger partial charge on any atom is 0.109 e. The molecule has 0 saturated heterocycles. The Morgan fingerprint density at radius 1 is 1.28 bits per heavy atom. The smallest absolute Gasteiger partial charge is 0.109 e. The Morgan fingerprint density at radius 3 is 2.72 bits per heavy atom. The minimum Gasteiger partial charge on any atom is -0.328 e. The number of halogens is 1. The first-order valence-electron chi connectivity index (χ1n) is 6.80. The number of hydrogen-bond acceptors (Lipinski definition) is 1. The maximum atomic E-state index is 4.77. The molecule has 0 aliphatic carbocycles. The molecule has 1 atom stereocenters. The number of fused-ring (bicyclic) bond motifs is 1. The molecule has 0 bridgehead atoms. The van der Waals surface area contributed by atoms with Crippen LogP contribution < -0.4 is 0 Å². The van der Waals surface area contributed by atoms with Crippen molar-refractivity contribution in [1.82, 2.24) is 9.55 Å². The molecule has 0 aliphatic heterocycles. The molecule has 18 heavy (non-hydrogen) atoms. The lowest BCUT2D eigenvalue weighted by Crippen LogP contribution is -2.13. The van der Waals surface area contributed by atoms with E-state index in [1.165, 1.54) is 17.8 Å². The molecule has 1 unspecified atom stereocenters. The van der Waals surface area contributed by atoms with Crippen molar-refractivity contribution in [2.24, 2.45) is 5.92 Å². The molecule has 0 saturated carbocycles. The van der Waals surface area contributed by atoms with Gasteiger partial charge in [0.05, 0.1) is 11.0 Å². The molecular weight excluding hydrogens is 288 g/mol. The Hall–Kier alpha value is -0.830. The van der Waals surface area contributed by atoms with Crippen LogP contribution in [0.2, 0.25) is 0 Å². The van der Waals surface area contributed by atoms with E-state index in [4.69, 9.17) is 4.98 Å². The summed E-state index contributed by atoms with van der Waals surface area (Å²) in [7, 11) is 0. The van der Waals surface area contributed by atoms with Gasteiger partial charge in [0.2, 0.25) is 0 Å². The molecule has 2 aromatic rings. The van der Waals surface area contributed by atoms with Crippen molar-refractivity contribution in [3.05, 3.63) is 30.1 Å². The summed E-state index contributed by atoms with van der Waals surface area (Å²) in [5, 5.41) is 1.06. The highest BCUT2D eigenvalue weighted by atomic mass is 79.9. The van der Waals surface area contributed by atoms with Gasteiger partial charge in [-0.2, -0.15) is 0 Å². The van der Waals surface area contributed by atoms with Gasteiger partial charge in [-0.25, -0.2) is 4.98 Å². The van der Waals surface area contributed by atoms with Gasteiger partial charge in [0.1, 0.15) is 5.82 Å². The third kappa shape index (κ3) is 2.77. The van der Waals surface area contributed by atoms with Gasteiger partial charge in [0.25, 0.3) is 0 Å². The zero-order valence-corrected chi connectivity index (χ0v) is 12.8. The van der Waals surface area contributed by atoms with Crippen LogP contribution in [0.25, 0.3) is 11.0 Å². The van der Waals surface area contributed by atoms with E-state index in [0.717, 1.165) is 30.2 Å². The molecular formula is C15H21BrN2. The number of alkyl halides is 1. The van der Waals surface area contributed by atoms with Gasteiger partial charge in [-0.05, 0) is 24.5 Å². The zero-order chi connectivity index (χ0) is 13.0. The van der Waals surface area contributed by atoms with E-state index in [0.29, 0.717) is 5.92 Å². The summed E-state index contributed by atoms with van der Waals surface area (Å²) in [6, 6.07) is 8.46. The number of aryl methyl sites for hydroxylation is 1. The number of nitrogens with zero attached hydrogens (tertiary/aromatic N) is 2. The zero-order valence-electron chi connectivity index (χ0n) is 11.2. The third-order valence-corrected chi connectivity index (χ3v) is 4.36. The van der Waals surface area contributed by atoms with Gasteiger partial charge in [0.15, 0.2) is 0 Å². The average molecular weight is 309 g/mol. The number of benzene rings is 1. The minimum absolute atomic E-state index is 0.679. The topological polar surface area (TPSA) is 17.8 Å². The van der Waals surface area contributed by atoms with Crippen LogP contribution in [0.3, 0.4) is 0 Å². The van der Waals surface area contributed by atoms with Crippen molar-refractivity contribution in [3.8, 4) is 0 Å². The first-order chi connectivity index (χ1) is 8.80. The van der Waals surface area contributed by atoms with E-state index in [9.17, 15) is 0 Å². The predicted molar refractivity (Wildman–Crippen MR) is 81.3 cm³/mol. The summed E-state index contributed by atoms with van der Waals surface area (Å²) in [6.45, 7) is 5.54. The monoisotopic (exact) mass is 308 g/mol. The van der Waals surface area contributed by atoms with Gasteiger partial charge in [-0.1, -0.05) is 48.3 Å². The molecule has 1 heterocycles. The second-order valence-corrected chi connectivity index (χ2v) is 5.45. The number of rotatable bonds is 6. The highest BCUT2D eigenvalue weighted by molar-refractivity contribution is 9.09. The fourth-order valence-electron chi connectivity index (χ4n) is 2.29. The van der Waals surface area contributed by atoms with E-state index >= 15 is 0 Å². The van der Waals surface area contributed by atoms with Crippen LogP contribution in [0.4, 0.5) is 0 Å². The van der Waals surface area contributed by atoms with Gasteiger partial charge < -0.3 is 4.57 Å². The quantitative estimate of drug-likeness (QED) is 0.723. The Labute approximate surface area is 118 Å². The van der Waals surface area contributed by atoms with Crippen LogP contribution in [0.15, 0.2) is 24.3 Å². The van der Waals surface area contributed by atoms with Crippen LogP contribution in [0.1, 0.15) is 32.5 Å². The molecule has 0 radical (unpaired) electrons. The van der Waals surface area contributed by atoms with Crippen molar-refractivity contribution in [2.75, 3.05) is 5.33 Å². The van der Waals surface area contributed by atoms with E-state index in [-0.39, 0.29) is 0 Å². The molecule has 2 nitrogen and oxygen atoms in total. The maximum absolute atomic E-state index is 4.77. The van der Waals surface area contributed by atoms with Gasteiger partial charge in [0, 0.05) is 18.3 Å². The summed E-state index contributed by atoms with van der Waals surface area (Å²) in [5.74, 6) is 1.91. The van der Waals surface area contributed by atoms with Crippen molar-refractivity contribution >= 4 is 27.0 Å². The number of hydrogen-bond donors (Lipinski definition) is 0. The fraction of sp³-hybridized carbons (Fsp3) is 0.533. The first-order valence-corrected chi connectivity index (χ1v) is 7.92. The molecule has 1 aromatic carbocycles. The minimum atomic E-state index is 0.679. The van der Waals surface area contributed by atoms with Crippen LogP contribution in [-0.4, -0.2) is 14.9 Å². The number of aromatic nitrogens is 2. The molecule has 0 N–H and O–H groups in total. The highest BCUT2D eigenvalue weighted by Gasteiger charge is 2.13. The number of para-hydroxylation sites is 2. The summed E-state index contributed by atoms with van der Waals surface area (Å²) in [6.07, 6.45) is 3.41. The lowest BCUT2D eigenvalue weighted by atomic mass is 10.1. The second-order valence-electron chi connectivity index (χ2n) is 4.81. The van der Waals surface area contributed by atoms with E-state index in [1.54, 1.807) is 0 Å². The van der Waals surface area contributed by atoms with Gasteiger partial charge >= 0.3 is 0 Å².